The zero-order valence-electron chi connectivity index (χ0n) is 17.9. The van der Waals surface area contributed by atoms with Crippen molar-refractivity contribution in [3.63, 3.8) is 0 Å². The Morgan fingerprint density at radius 2 is 2.00 bits per heavy atom. The summed E-state index contributed by atoms with van der Waals surface area (Å²) in [4.78, 5) is 13.9. The van der Waals surface area contributed by atoms with Crippen LogP contribution in [0.2, 0.25) is 0 Å². The van der Waals surface area contributed by atoms with Crippen LogP contribution in [0, 0.1) is 0 Å². The molecule has 8 nitrogen and oxygen atoms in total. The summed E-state index contributed by atoms with van der Waals surface area (Å²) in [5, 5.41) is 10.8. The molecule has 2 aromatic rings. The molecule has 0 saturated carbocycles. The van der Waals surface area contributed by atoms with Crippen LogP contribution < -0.4 is 10.6 Å². The first-order chi connectivity index (χ1) is 14.2. The van der Waals surface area contributed by atoms with Crippen LogP contribution in [0.25, 0.3) is 0 Å². The summed E-state index contributed by atoms with van der Waals surface area (Å²) in [5.74, 6) is 1.68. The highest BCUT2D eigenvalue weighted by Gasteiger charge is 2.25. The van der Waals surface area contributed by atoms with Crippen molar-refractivity contribution in [2.75, 3.05) is 46.3 Å². The fourth-order valence-corrected chi connectivity index (χ4v) is 3.66. The van der Waals surface area contributed by atoms with Crippen LogP contribution >= 0.6 is 0 Å². The van der Waals surface area contributed by atoms with Gasteiger partial charge in [0.15, 0.2) is 5.96 Å². The molecule has 0 bridgehead atoms. The zero-order valence-corrected chi connectivity index (χ0v) is 17.9. The Hall–Kier alpha value is -2.45. The van der Waals surface area contributed by atoms with E-state index in [1.54, 1.807) is 11.0 Å². The highest BCUT2D eigenvalue weighted by atomic mass is 15.3. The van der Waals surface area contributed by atoms with E-state index in [1.807, 2.05) is 7.05 Å². The molecule has 0 spiro atoms. The second kappa shape index (κ2) is 10.9. The summed E-state index contributed by atoms with van der Waals surface area (Å²) in [6, 6.07) is 11.3. The molecule has 0 aliphatic carbocycles. The van der Waals surface area contributed by atoms with Gasteiger partial charge in [0.2, 0.25) is 0 Å². The number of nitrogens with zero attached hydrogens (tertiary/aromatic N) is 6. The lowest BCUT2D eigenvalue weighted by molar-refractivity contribution is 0.0891. The van der Waals surface area contributed by atoms with Gasteiger partial charge in [-0.2, -0.15) is 5.10 Å². The fourth-order valence-electron chi connectivity index (χ4n) is 3.66. The summed E-state index contributed by atoms with van der Waals surface area (Å²) in [5.41, 5.74) is 1.41. The standard InChI is InChI=1S/C21H34N8/c1-4-22-21(24-15-20-25-17-26-28(20)3)23-11-8-12-29-14-13-27(2)16-19(29)18-9-6-5-7-10-18/h5-7,9-10,17,19H,4,8,11-16H2,1-3H3,(H2,22,23,24). The molecule has 0 radical (unpaired) electrons. The van der Waals surface area contributed by atoms with E-state index >= 15 is 0 Å². The Balaban J connectivity index is 1.50. The van der Waals surface area contributed by atoms with Gasteiger partial charge in [0.05, 0.1) is 0 Å². The van der Waals surface area contributed by atoms with E-state index in [0.717, 1.165) is 57.5 Å². The lowest BCUT2D eigenvalue weighted by atomic mass is 10.0. The van der Waals surface area contributed by atoms with Gasteiger partial charge >= 0.3 is 0 Å². The number of rotatable bonds is 8. The van der Waals surface area contributed by atoms with E-state index < -0.39 is 0 Å². The molecule has 2 heterocycles. The molecule has 1 aromatic heterocycles. The third-order valence-electron chi connectivity index (χ3n) is 5.32. The molecular formula is C21H34N8. The number of hydrogen-bond acceptors (Lipinski definition) is 5. The molecule has 2 N–H and O–H groups in total. The van der Waals surface area contributed by atoms with E-state index in [2.05, 4.69) is 79.8 Å². The first-order valence-corrected chi connectivity index (χ1v) is 10.5. The van der Waals surface area contributed by atoms with Crippen LogP contribution in [-0.4, -0.2) is 76.8 Å². The van der Waals surface area contributed by atoms with Crippen molar-refractivity contribution >= 4 is 5.96 Å². The largest absolute Gasteiger partial charge is 0.357 e. The summed E-state index contributed by atoms with van der Waals surface area (Å²) >= 11 is 0. The van der Waals surface area contributed by atoms with Crippen molar-refractivity contribution in [3.8, 4) is 0 Å². The predicted molar refractivity (Wildman–Crippen MR) is 117 cm³/mol. The number of nitrogens with one attached hydrogen (secondary N) is 2. The van der Waals surface area contributed by atoms with Crippen molar-refractivity contribution in [2.24, 2.45) is 12.0 Å². The predicted octanol–water partition coefficient (Wildman–Crippen LogP) is 1.25. The first kappa shape index (κ1) is 21.3. The molecule has 1 atom stereocenters. The van der Waals surface area contributed by atoms with E-state index in [9.17, 15) is 0 Å². The maximum atomic E-state index is 4.62. The SMILES string of the molecule is CCNC(=NCc1ncnn1C)NCCCN1CCN(C)CC1c1ccccc1. The van der Waals surface area contributed by atoms with E-state index in [-0.39, 0.29) is 0 Å². The molecule has 158 valence electrons. The Labute approximate surface area is 174 Å². The van der Waals surface area contributed by atoms with Crippen LogP contribution in [-0.2, 0) is 13.6 Å². The Morgan fingerprint density at radius 1 is 1.17 bits per heavy atom. The monoisotopic (exact) mass is 398 g/mol. The van der Waals surface area contributed by atoms with Crippen LogP contribution in [0.5, 0.6) is 0 Å². The number of likely N-dealkylation sites (N-methyl/N-ethyl adjacent to an activating group) is 1. The molecule has 3 rings (SSSR count). The first-order valence-electron chi connectivity index (χ1n) is 10.5. The van der Waals surface area contributed by atoms with Gasteiger partial charge in [-0.05, 0) is 26.0 Å². The van der Waals surface area contributed by atoms with Crippen molar-refractivity contribution in [1.29, 1.82) is 0 Å². The number of aromatic nitrogens is 3. The zero-order chi connectivity index (χ0) is 20.5. The van der Waals surface area contributed by atoms with Gasteiger partial charge in [-0.15, -0.1) is 0 Å². The maximum absolute atomic E-state index is 4.62. The summed E-state index contributed by atoms with van der Waals surface area (Å²) < 4.78 is 1.75. The van der Waals surface area contributed by atoms with Gasteiger partial charge in [0, 0.05) is 52.4 Å². The van der Waals surface area contributed by atoms with Crippen LogP contribution in [0.4, 0.5) is 0 Å². The van der Waals surface area contributed by atoms with Crippen molar-refractivity contribution in [1.82, 2.24) is 35.2 Å². The average molecular weight is 399 g/mol. The van der Waals surface area contributed by atoms with Gasteiger partial charge in [-0.25, -0.2) is 9.98 Å². The summed E-state index contributed by atoms with van der Waals surface area (Å²) in [7, 11) is 4.10. The van der Waals surface area contributed by atoms with E-state index in [1.165, 1.54) is 5.56 Å². The van der Waals surface area contributed by atoms with Crippen LogP contribution in [0.3, 0.4) is 0 Å². The van der Waals surface area contributed by atoms with Crippen molar-refractivity contribution in [2.45, 2.75) is 25.9 Å². The van der Waals surface area contributed by atoms with Gasteiger partial charge in [0.25, 0.3) is 0 Å². The topological polar surface area (TPSA) is 73.6 Å². The smallest absolute Gasteiger partial charge is 0.191 e. The molecule has 29 heavy (non-hydrogen) atoms. The molecule has 1 aliphatic heterocycles. The van der Waals surface area contributed by atoms with Gasteiger partial charge in [0.1, 0.15) is 18.7 Å². The Kier molecular flexibility index (Phi) is 8.01. The minimum absolute atomic E-state index is 0.466. The van der Waals surface area contributed by atoms with Gasteiger partial charge < -0.3 is 15.5 Å². The third kappa shape index (κ3) is 6.27. The molecule has 1 saturated heterocycles. The molecule has 1 aliphatic rings. The second-order valence-corrected chi connectivity index (χ2v) is 7.50. The summed E-state index contributed by atoms with van der Waals surface area (Å²) in [6.45, 7) is 8.70. The number of guanidine groups is 1. The summed E-state index contributed by atoms with van der Waals surface area (Å²) in [6.07, 6.45) is 2.63. The number of piperazine rings is 1. The van der Waals surface area contributed by atoms with Crippen molar-refractivity contribution < 1.29 is 0 Å². The number of benzene rings is 1. The fraction of sp³-hybridized carbons (Fsp3) is 0.571. The lowest BCUT2D eigenvalue weighted by Gasteiger charge is -2.40. The quantitative estimate of drug-likeness (QED) is 0.396. The van der Waals surface area contributed by atoms with E-state index in [0.29, 0.717) is 12.6 Å². The highest BCUT2D eigenvalue weighted by molar-refractivity contribution is 5.79. The molecule has 1 unspecified atom stereocenters. The lowest BCUT2D eigenvalue weighted by Crippen LogP contribution is -2.47. The van der Waals surface area contributed by atoms with Crippen LogP contribution in [0.1, 0.15) is 30.8 Å². The number of aliphatic imine (C=N–C) groups is 1. The van der Waals surface area contributed by atoms with E-state index in [4.69, 9.17) is 0 Å². The van der Waals surface area contributed by atoms with Crippen molar-refractivity contribution in [3.05, 3.63) is 48.0 Å². The highest BCUT2D eigenvalue weighted by Crippen LogP contribution is 2.24. The molecule has 0 amide bonds. The molecule has 1 aromatic carbocycles. The van der Waals surface area contributed by atoms with Gasteiger partial charge in [-0.3, -0.25) is 9.58 Å². The Morgan fingerprint density at radius 3 is 2.72 bits per heavy atom. The minimum atomic E-state index is 0.466. The Bertz CT molecular complexity index is 757. The third-order valence-corrected chi connectivity index (χ3v) is 5.32. The molecular weight excluding hydrogens is 364 g/mol. The van der Waals surface area contributed by atoms with Gasteiger partial charge in [-0.1, -0.05) is 30.3 Å². The number of aryl methyl sites for hydroxylation is 1. The second-order valence-electron chi connectivity index (χ2n) is 7.50. The minimum Gasteiger partial charge on any atom is -0.357 e. The average Bonchev–Trinajstić information content (AvgIpc) is 3.15. The molecule has 1 fully saturated rings. The number of hydrogen-bond donors (Lipinski definition) is 2. The molecule has 8 heteroatoms. The maximum Gasteiger partial charge on any atom is 0.191 e. The normalized spacial score (nSPS) is 18.7. The van der Waals surface area contributed by atoms with Crippen LogP contribution in [0.15, 0.2) is 41.7 Å².